The summed E-state index contributed by atoms with van der Waals surface area (Å²) in [5.41, 5.74) is 0.335. The van der Waals surface area contributed by atoms with E-state index >= 15 is 0 Å². The molecule has 92 valence electrons. The van der Waals surface area contributed by atoms with Crippen molar-refractivity contribution >= 4 is 17.7 Å². The number of carboxylic acids is 1. The van der Waals surface area contributed by atoms with Gasteiger partial charge in [0.15, 0.2) is 0 Å². The highest BCUT2D eigenvalue weighted by Gasteiger charge is 2.18. The van der Waals surface area contributed by atoms with E-state index in [1.807, 2.05) is 0 Å². The number of hydrogen-bond donors (Lipinski definition) is 1. The summed E-state index contributed by atoms with van der Waals surface area (Å²) < 4.78 is 0. The van der Waals surface area contributed by atoms with E-state index in [9.17, 15) is 4.79 Å². The minimum atomic E-state index is -0.880. The first kappa shape index (κ1) is 12.4. The largest absolute Gasteiger partial charge is 0.478 e. The molecule has 1 aliphatic carbocycles. The van der Waals surface area contributed by atoms with E-state index in [0.717, 1.165) is 0 Å². The molecule has 17 heavy (non-hydrogen) atoms. The fourth-order valence-electron chi connectivity index (χ4n) is 2.17. The molecule has 0 amide bonds. The number of carboxylic acid groups (broad SMARTS) is 1. The Morgan fingerprint density at radius 2 is 2.00 bits per heavy atom. The van der Waals surface area contributed by atoms with Crippen LogP contribution in [0, 0.1) is 0 Å². The van der Waals surface area contributed by atoms with Crippen molar-refractivity contribution in [3.63, 3.8) is 0 Å². The molecule has 0 aliphatic heterocycles. The van der Waals surface area contributed by atoms with Crippen LogP contribution in [0.5, 0.6) is 0 Å². The smallest absolute Gasteiger partial charge is 0.338 e. The number of thioether (sulfide) groups is 1. The standard InChI is InChI=1S/C13H17NO2S/c15-13(16)11-8-5-9-14-12(11)17-10-6-3-1-2-4-7-10/h5,8-10H,1-4,6-7H2,(H,15,16). The van der Waals surface area contributed by atoms with E-state index in [4.69, 9.17) is 5.11 Å². The van der Waals surface area contributed by atoms with Crippen molar-refractivity contribution in [1.82, 2.24) is 4.98 Å². The fraction of sp³-hybridized carbons (Fsp3) is 0.538. The summed E-state index contributed by atoms with van der Waals surface area (Å²) in [6.07, 6.45) is 9.17. The zero-order valence-electron chi connectivity index (χ0n) is 9.76. The van der Waals surface area contributed by atoms with E-state index in [1.54, 1.807) is 30.1 Å². The van der Waals surface area contributed by atoms with Crippen molar-refractivity contribution in [2.24, 2.45) is 0 Å². The third kappa shape index (κ3) is 3.46. The number of pyridine rings is 1. The molecule has 0 bridgehead atoms. The lowest BCUT2D eigenvalue weighted by Gasteiger charge is -2.13. The number of hydrogen-bond acceptors (Lipinski definition) is 3. The Hall–Kier alpha value is -1.03. The van der Waals surface area contributed by atoms with Gasteiger partial charge < -0.3 is 5.11 Å². The molecule has 0 spiro atoms. The van der Waals surface area contributed by atoms with Gasteiger partial charge in [0, 0.05) is 11.4 Å². The van der Waals surface area contributed by atoms with Crippen molar-refractivity contribution in [1.29, 1.82) is 0 Å². The highest BCUT2D eigenvalue weighted by atomic mass is 32.2. The monoisotopic (exact) mass is 251 g/mol. The first-order valence-electron chi connectivity index (χ1n) is 6.12. The van der Waals surface area contributed by atoms with Crippen LogP contribution in [0.3, 0.4) is 0 Å². The average Bonchev–Trinajstić information content (AvgIpc) is 2.58. The van der Waals surface area contributed by atoms with Gasteiger partial charge in [0.05, 0.1) is 5.56 Å². The first-order chi connectivity index (χ1) is 8.27. The van der Waals surface area contributed by atoms with E-state index in [2.05, 4.69) is 4.98 Å². The summed E-state index contributed by atoms with van der Waals surface area (Å²) in [4.78, 5) is 15.3. The Labute approximate surface area is 106 Å². The second kappa shape index (κ2) is 6.05. The Morgan fingerprint density at radius 1 is 1.29 bits per heavy atom. The Balaban J connectivity index is 2.09. The number of carbonyl (C=O) groups is 1. The van der Waals surface area contributed by atoms with Crippen LogP contribution in [0.2, 0.25) is 0 Å². The number of aromatic carboxylic acids is 1. The van der Waals surface area contributed by atoms with Crippen molar-refractivity contribution in [3.05, 3.63) is 23.9 Å². The highest BCUT2D eigenvalue weighted by Crippen LogP contribution is 2.33. The van der Waals surface area contributed by atoms with Crippen molar-refractivity contribution < 1.29 is 9.90 Å². The molecule has 3 nitrogen and oxygen atoms in total. The van der Waals surface area contributed by atoms with Crippen LogP contribution < -0.4 is 0 Å². The van der Waals surface area contributed by atoms with Crippen LogP contribution >= 0.6 is 11.8 Å². The van der Waals surface area contributed by atoms with E-state index < -0.39 is 5.97 Å². The lowest BCUT2D eigenvalue weighted by Crippen LogP contribution is -2.05. The maximum absolute atomic E-state index is 11.1. The minimum Gasteiger partial charge on any atom is -0.478 e. The normalized spacial score (nSPS) is 17.6. The van der Waals surface area contributed by atoms with Crippen molar-refractivity contribution in [3.8, 4) is 0 Å². The molecule has 1 fully saturated rings. The molecule has 1 aromatic heterocycles. The molecule has 1 aliphatic rings. The molecule has 2 rings (SSSR count). The molecule has 0 radical (unpaired) electrons. The molecule has 1 heterocycles. The van der Waals surface area contributed by atoms with Crippen LogP contribution in [0.15, 0.2) is 23.4 Å². The fourth-order valence-corrected chi connectivity index (χ4v) is 3.45. The van der Waals surface area contributed by atoms with Gasteiger partial charge in [-0.25, -0.2) is 9.78 Å². The predicted octanol–water partition coefficient (Wildman–Crippen LogP) is 3.59. The van der Waals surface area contributed by atoms with Gasteiger partial charge in [0.2, 0.25) is 0 Å². The Bertz CT molecular complexity index is 387. The van der Waals surface area contributed by atoms with Gasteiger partial charge in [-0.3, -0.25) is 0 Å². The number of rotatable bonds is 3. The van der Waals surface area contributed by atoms with E-state index in [-0.39, 0.29) is 0 Å². The van der Waals surface area contributed by atoms with Gasteiger partial charge in [0.1, 0.15) is 5.03 Å². The Morgan fingerprint density at radius 3 is 2.65 bits per heavy atom. The maximum Gasteiger partial charge on any atom is 0.338 e. The van der Waals surface area contributed by atoms with Gasteiger partial charge >= 0.3 is 5.97 Å². The van der Waals surface area contributed by atoms with Gasteiger partial charge in [0.25, 0.3) is 0 Å². The van der Waals surface area contributed by atoms with Crippen molar-refractivity contribution in [2.75, 3.05) is 0 Å². The Kier molecular flexibility index (Phi) is 4.42. The molecular weight excluding hydrogens is 234 g/mol. The average molecular weight is 251 g/mol. The van der Waals surface area contributed by atoms with E-state index in [1.165, 1.54) is 38.5 Å². The summed E-state index contributed by atoms with van der Waals surface area (Å²) in [7, 11) is 0. The zero-order valence-corrected chi connectivity index (χ0v) is 10.6. The predicted molar refractivity (Wildman–Crippen MR) is 68.5 cm³/mol. The van der Waals surface area contributed by atoms with Gasteiger partial charge in [-0.2, -0.15) is 0 Å². The third-order valence-corrected chi connectivity index (χ3v) is 4.44. The summed E-state index contributed by atoms with van der Waals surface area (Å²) >= 11 is 1.64. The van der Waals surface area contributed by atoms with Crippen LogP contribution in [-0.2, 0) is 0 Å². The van der Waals surface area contributed by atoms with Crippen LogP contribution in [0.4, 0.5) is 0 Å². The van der Waals surface area contributed by atoms with Gasteiger partial charge in [-0.15, -0.1) is 11.8 Å². The van der Waals surface area contributed by atoms with E-state index in [0.29, 0.717) is 15.8 Å². The van der Waals surface area contributed by atoms with Crippen LogP contribution in [-0.4, -0.2) is 21.3 Å². The van der Waals surface area contributed by atoms with Gasteiger partial charge in [-0.05, 0) is 25.0 Å². The molecule has 4 heteroatoms. The summed E-state index contributed by atoms with van der Waals surface area (Å²) in [5.74, 6) is -0.880. The molecule has 0 aromatic carbocycles. The first-order valence-corrected chi connectivity index (χ1v) is 7.00. The molecular formula is C13H17NO2S. The second-order valence-corrected chi connectivity index (χ2v) is 5.68. The summed E-state index contributed by atoms with van der Waals surface area (Å²) in [5, 5.41) is 10.3. The zero-order chi connectivity index (χ0) is 12.1. The molecule has 0 saturated heterocycles. The van der Waals surface area contributed by atoms with Crippen LogP contribution in [0.1, 0.15) is 48.9 Å². The molecule has 1 aromatic rings. The third-order valence-electron chi connectivity index (χ3n) is 3.08. The van der Waals surface area contributed by atoms with Crippen LogP contribution in [0.25, 0.3) is 0 Å². The second-order valence-electron chi connectivity index (χ2n) is 4.39. The SMILES string of the molecule is O=C(O)c1cccnc1SC1CCCCCC1. The number of aromatic nitrogens is 1. The molecule has 1 N–H and O–H groups in total. The lowest BCUT2D eigenvalue weighted by atomic mass is 10.2. The molecule has 0 unspecified atom stereocenters. The summed E-state index contributed by atoms with van der Waals surface area (Å²) in [6.45, 7) is 0. The highest BCUT2D eigenvalue weighted by molar-refractivity contribution is 7.99. The van der Waals surface area contributed by atoms with Gasteiger partial charge in [-0.1, -0.05) is 25.7 Å². The quantitative estimate of drug-likeness (QED) is 0.834. The number of nitrogens with zero attached hydrogens (tertiary/aromatic N) is 1. The minimum absolute atomic E-state index is 0.335. The lowest BCUT2D eigenvalue weighted by molar-refractivity contribution is 0.0692. The maximum atomic E-state index is 11.1. The molecule has 0 atom stereocenters. The summed E-state index contributed by atoms with van der Waals surface area (Å²) in [6, 6.07) is 3.31. The van der Waals surface area contributed by atoms with Crippen molar-refractivity contribution in [2.45, 2.75) is 48.8 Å². The molecule has 1 saturated carbocycles. The topological polar surface area (TPSA) is 50.2 Å².